The van der Waals surface area contributed by atoms with Gasteiger partial charge >= 0.3 is 0 Å². The van der Waals surface area contributed by atoms with Gasteiger partial charge in [0.25, 0.3) is 0 Å². The quantitative estimate of drug-likeness (QED) is 0.876. The SMILES string of the molecule is CCOc1cc2c(cc1CNC[C@H]1CCCn3ccnc31)O[C@@H](C)C2. The van der Waals surface area contributed by atoms with Crippen molar-refractivity contribution in [2.24, 2.45) is 0 Å². The summed E-state index contributed by atoms with van der Waals surface area (Å²) in [5, 5.41) is 3.61. The molecule has 0 fully saturated rings. The summed E-state index contributed by atoms with van der Waals surface area (Å²) < 4.78 is 14.1. The number of aryl methyl sites for hydroxylation is 1. The lowest BCUT2D eigenvalue weighted by Crippen LogP contribution is -2.26. The van der Waals surface area contributed by atoms with Crippen LogP contribution in [0.4, 0.5) is 0 Å². The number of hydrogen-bond donors (Lipinski definition) is 1. The number of nitrogens with zero attached hydrogens (tertiary/aromatic N) is 2. The predicted molar refractivity (Wildman–Crippen MR) is 97.3 cm³/mol. The highest BCUT2D eigenvalue weighted by atomic mass is 16.5. The first-order valence-corrected chi connectivity index (χ1v) is 9.41. The lowest BCUT2D eigenvalue weighted by molar-refractivity contribution is 0.254. The molecule has 2 aliphatic rings. The second-order valence-electron chi connectivity index (χ2n) is 7.08. The molecule has 0 aliphatic carbocycles. The Morgan fingerprint density at radius 1 is 1.40 bits per heavy atom. The van der Waals surface area contributed by atoms with Gasteiger partial charge in [0.05, 0.1) is 6.61 Å². The van der Waals surface area contributed by atoms with Crippen molar-refractivity contribution in [2.45, 2.75) is 58.2 Å². The Bertz CT molecular complexity index is 741. The molecule has 0 saturated carbocycles. The van der Waals surface area contributed by atoms with Gasteiger partial charge in [0.2, 0.25) is 0 Å². The van der Waals surface area contributed by atoms with Crippen LogP contribution in [0.3, 0.4) is 0 Å². The zero-order chi connectivity index (χ0) is 17.2. The van der Waals surface area contributed by atoms with Crippen molar-refractivity contribution in [1.82, 2.24) is 14.9 Å². The third-order valence-corrected chi connectivity index (χ3v) is 5.15. The normalized spacial score (nSPS) is 21.5. The average molecular weight is 341 g/mol. The second kappa shape index (κ2) is 7.08. The molecule has 0 bridgehead atoms. The first-order valence-electron chi connectivity index (χ1n) is 9.41. The summed E-state index contributed by atoms with van der Waals surface area (Å²) in [6.07, 6.45) is 7.66. The van der Waals surface area contributed by atoms with Crippen LogP contribution in [0.1, 0.15) is 49.6 Å². The van der Waals surface area contributed by atoms with Crippen molar-refractivity contribution < 1.29 is 9.47 Å². The van der Waals surface area contributed by atoms with E-state index in [2.05, 4.69) is 40.1 Å². The van der Waals surface area contributed by atoms with Gasteiger partial charge in [-0.25, -0.2) is 4.98 Å². The van der Waals surface area contributed by atoms with Crippen molar-refractivity contribution in [1.29, 1.82) is 0 Å². The smallest absolute Gasteiger partial charge is 0.124 e. The maximum Gasteiger partial charge on any atom is 0.124 e. The van der Waals surface area contributed by atoms with E-state index in [1.165, 1.54) is 29.8 Å². The molecule has 134 valence electrons. The number of rotatable bonds is 6. The third kappa shape index (κ3) is 3.38. The molecule has 2 aromatic rings. The zero-order valence-electron chi connectivity index (χ0n) is 15.1. The van der Waals surface area contributed by atoms with Crippen LogP contribution in [0.2, 0.25) is 0 Å². The summed E-state index contributed by atoms with van der Waals surface area (Å²) in [5.74, 6) is 3.71. The van der Waals surface area contributed by atoms with Gasteiger partial charge in [0, 0.05) is 55.5 Å². The highest BCUT2D eigenvalue weighted by molar-refractivity contribution is 5.48. The van der Waals surface area contributed by atoms with E-state index in [1.807, 2.05) is 13.1 Å². The fraction of sp³-hybridized carbons (Fsp3) is 0.550. The molecule has 1 aromatic heterocycles. The van der Waals surface area contributed by atoms with E-state index in [1.54, 1.807) is 0 Å². The molecule has 2 atom stereocenters. The minimum absolute atomic E-state index is 0.258. The molecule has 3 heterocycles. The van der Waals surface area contributed by atoms with Crippen molar-refractivity contribution in [3.8, 4) is 11.5 Å². The van der Waals surface area contributed by atoms with Crippen molar-refractivity contribution in [3.63, 3.8) is 0 Å². The number of aromatic nitrogens is 2. The van der Waals surface area contributed by atoms with E-state index in [-0.39, 0.29) is 6.10 Å². The van der Waals surface area contributed by atoms with E-state index in [0.717, 1.165) is 37.6 Å². The molecular weight excluding hydrogens is 314 g/mol. The number of benzene rings is 1. The Labute approximate surface area is 149 Å². The molecule has 0 saturated heterocycles. The van der Waals surface area contributed by atoms with Crippen LogP contribution in [-0.2, 0) is 19.5 Å². The number of nitrogens with one attached hydrogen (secondary N) is 1. The first-order chi connectivity index (χ1) is 12.2. The van der Waals surface area contributed by atoms with Crippen LogP contribution in [0.5, 0.6) is 11.5 Å². The molecule has 1 N–H and O–H groups in total. The number of hydrogen-bond acceptors (Lipinski definition) is 4. The van der Waals surface area contributed by atoms with Crippen LogP contribution in [0, 0.1) is 0 Å². The minimum atomic E-state index is 0.258. The monoisotopic (exact) mass is 341 g/mol. The Morgan fingerprint density at radius 3 is 3.20 bits per heavy atom. The van der Waals surface area contributed by atoms with E-state index in [9.17, 15) is 0 Å². The molecule has 4 rings (SSSR count). The molecule has 0 unspecified atom stereocenters. The van der Waals surface area contributed by atoms with Crippen LogP contribution < -0.4 is 14.8 Å². The molecule has 0 amide bonds. The highest BCUT2D eigenvalue weighted by Crippen LogP contribution is 2.35. The summed E-state index contributed by atoms with van der Waals surface area (Å²) >= 11 is 0. The summed E-state index contributed by atoms with van der Waals surface area (Å²) in [5.41, 5.74) is 2.43. The molecule has 0 radical (unpaired) electrons. The van der Waals surface area contributed by atoms with Gasteiger partial charge < -0.3 is 19.4 Å². The average Bonchev–Trinajstić information content (AvgIpc) is 3.21. The van der Waals surface area contributed by atoms with Crippen molar-refractivity contribution in [2.75, 3.05) is 13.2 Å². The van der Waals surface area contributed by atoms with E-state index < -0.39 is 0 Å². The fourth-order valence-corrected chi connectivity index (χ4v) is 3.99. The Balaban J connectivity index is 1.44. The minimum Gasteiger partial charge on any atom is -0.494 e. The van der Waals surface area contributed by atoms with E-state index >= 15 is 0 Å². The van der Waals surface area contributed by atoms with E-state index in [4.69, 9.17) is 9.47 Å². The zero-order valence-corrected chi connectivity index (χ0v) is 15.1. The maximum absolute atomic E-state index is 5.92. The summed E-state index contributed by atoms with van der Waals surface area (Å²) in [6.45, 7) is 7.66. The maximum atomic E-state index is 5.92. The highest BCUT2D eigenvalue weighted by Gasteiger charge is 2.23. The summed E-state index contributed by atoms with van der Waals surface area (Å²) in [4.78, 5) is 4.54. The number of imidazole rings is 1. The number of ether oxygens (including phenoxy) is 2. The standard InChI is InChI=1S/C20H27N3O2/c1-3-24-18-10-16-9-14(2)25-19(16)11-17(18)13-21-12-15-5-4-7-23-8-6-22-20(15)23/h6,8,10-11,14-15,21H,3-5,7,9,12-13H2,1-2H3/t14-,15+/m0/s1. The Morgan fingerprint density at radius 2 is 2.32 bits per heavy atom. The molecule has 5 nitrogen and oxygen atoms in total. The Hall–Kier alpha value is -2.01. The summed E-state index contributed by atoms with van der Waals surface area (Å²) in [6, 6.07) is 4.31. The van der Waals surface area contributed by atoms with Crippen LogP contribution in [-0.4, -0.2) is 28.8 Å². The lowest BCUT2D eigenvalue weighted by Gasteiger charge is -2.24. The molecule has 5 heteroatoms. The topological polar surface area (TPSA) is 48.3 Å². The lowest BCUT2D eigenvalue weighted by atomic mass is 9.98. The van der Waals surface area contributed by atoms with Crippen LogP contribution >= 0.6 is 0 Å². The molecular formula is C20H27N3O2. The third-order valence-electron chi connectivity index (χ3n) is 5.15. The van der Waals surface area contributed by atoms with Gasteiger partial charge in [0.15, 0.2) is 0 Å². The van der Waals surface area contributed by atoms with Crippen LogP contribution in [0.15, 0.2) is 24.5 Å². The van der Waals surface area contributed by atoms with Gasteiger partial charge in [-0.05, 0) is 38.8 Å². The fourth-order valence-electron chi connectivity index (χ4n) is 3.99. The predicted octanol–water partition coefficient (Wildman–Crippen LogP) is 3.27. The van der Waals surface area contributed by atoms with Gasteiger partial charge in [-0.1, -0.05) is 0 Å². The molecule has 25 heavy (non-hydrogen) atoms. The Kier molecular flexibility index (Phi) is 4.66. The van der Waals surface area contributed by atoms with Crippen molar-refractivity contribution in [3.05, 3.63) is 41.5 Å². The van der Waals surface area contributed by atoms with Crippen LogP contribution in [0.25, 0.3) is 0 Å². The summed E-state index contributed by atoms with van der Waals surface area (Å²) in [7, 11) is 0. The van der Waals surface area contributed by atoms with E-state index in [0.29, 0.717) is 12.5 Å². The molecule has 1 aromatic carbocycles. The largest absolute Gasteiger partial charge is 0.494 e. The number of fused-ring (bicyclic) bond motifs is 2. The first kappa shape index (κ1) is 16.5. The van der Waals surface area contributed by atoms with Gasteiger partial charge in [-0.3, -0.25) is 0 Å². The molecule has 0 spiro atoms. The van der Waals surface area contributed by atoms with Gasteiger partial charge in [0.1, 0.15) is 23.4 Å². The van der Waals surface area contributed by atoms with Gasteiger partial charge in [-0.2, -0.15) is 0 Å². The molecule has 2 aliphatic heterocycles. The van der Waals surface area contributed by atoms with Gasteiger partial charge in [-0.15, -0.1) is 0 Å². The second-order valence-corrected chi connectivity index (χ2v) is 7.08. The van der Waals surface area contributed by atoms with Crippen molar-refractivity contribution >= 4 is 0 Å².